The van der Waals surface area contributed by atoms with Crippen molar-refractivity contribution in [1.29, 1.82) is 0 Å². The number of halogens is 2. The van der Waals surface area contributed by atoms with Crippen molar-refractivity contribution in [3.8, 4) is 0 Å². The monoisotopic (exact) mass is 266 g/mol. The van der Waals surface area contributed by atoms with E-state index in [9.17, 15) is 8.78 Å². The van der Waals surface area contributed by atoms with E-state index in [4.69, 9.17) is 9.31 Å². The minimum Gasteiger partial charge on any atom is -0.400 e. The Labute approximate surface area is 112 Å². The van der Waals surface area contributed by atoms with E-state index in [1.165, 1.54) is 12.1 Å². The normalized spacial score (nSPS) is 21.3. The lowest BCUT2D eigenvalue weighted by Crippen LogP contribution is -2.41. The highest BCUT2D eigenvalue weighted by Crippen LogP contribution is 2.37. The van der Waals surface area contributed by atoms with Crippen LogP contribution in [0.25, 0.3) is 6.08 Å². The molecule has 1 saturated heterocycles. The molecule has 0 radical (unpaired) electrons. The molecule has 5 heteroatoms. The van der Waals surface area contributed by atoms with Gasteiger partial charge in [0.1, 0.15) is 11.6 Å². The summed E-state index contributed by atoms with van der Waals surface area (Å²) in [6.07, 6.45) is 1.59. The van der Waals surface area contributed by atoms with Gasteiger partial charge in [0.2, 0.25) is 0 Å². The van der Waals surface area contributed by atoms with Gasteiger partial charge < -0.3 is 9.31 Å². The second-order valence-electron chi connectivity index (χ2n) is 5.69. The van der Waals surface area contributed by atoms with E-state index < -0.39 is 30.0 Å². The highest BCUT2D eigenvalue weighted by Gasteiger charge is 2.49. The summed E-state index contributed by atoms with van der Waals surface area (Å²) in [5.74, 6) is 0.451. The molecule has 0 unspecified atom stereocenters. The summed E-state index contributed by atoms with van der Waals surface area (Å²) in [6.45, 7) is 7.79. The van der Waals surface area contributed by atoms with Crippen molar-refractivity contribution in [3.63, 3.8) is 0 Å². The largest absolute Gasteiger partial charge is 0.487 e. The Hall–Kier alpha value is -1.20. The topological polar surface area (TPSA) is 18.5 Å². The van der Waals surface area contributed by atoms with Crippen LogP contribution in [0.2, 0.25) is 0 Å². The molecule has 0 aliphatic carbocycles. The lowest BCUT2D eigenvalue weighted by atomic mass is 9.89. The average molecular weight is 266 g/mol. The van der Waals surface area contributed by atoms with Crippen LogP contribution in [-0.4, -0.2) is 18.3 Å². The summed E-state index contributed by atoms with van der Waals surface area (Å²) in [4.78, 5) is 0. The maximum Gasteiger partial charge on any atom is 0.487 e. The molecule has 1 aromatic rings. The van der Waals surface area contributed by atoms with Crippen molar-refractivity contribution in [2.75, 3.05) is 0 Å². The van der Waals surface area contributed by atoms with Gasteiger partial charge in [-0.3, -0.25) is 0 Å². The van der Waals surface area contributed by atoms with E-state index in [0.29, 0.717) is 5.56 Å². The molecule has 2 nitrogen and oxygen atoms in total. The first kappa shape index (κ1) is 14.2. The predicted octanol–water partition coefficient (Wildman–Crippen LogP) is 3.61. The van der Waals surface area contributed by atoms with Crippen LogP contribution in [0.5, 0.6) is 0 Å². The van der Waals surface area contributed by atoms with Crippen molar-refractivity contribution in [1.82, 2.24) is 0 Å². The Morgan fingerprint density at radius 3 is 1.89 bits per heavy atom. The summed E-state index contributed by atoms with van der Waals surface area (Å²) in [6, 6.07) is 3.35. The Bertz CT molecular complexity index is 476. The molecule has 102 valence electrons. The molecule has 0 bridgehead atoms. The van der Waals surface area contributed by atoms with Crippen LogP contribution in [0.3, 0.4) is 0 Å². The number of hydrogen-bond donors (Lipinski definition) is 0. The average Bonchev–Trinajstić information content (AvgIpc) is 2.43. The number of benzene rings is 1. The zero-order valence-electron chi connectivity index (χ0n) is 11.5. The summed E-state index contributed by atoms with van der Waals surface area (Å²) >= 11 is 0. The summed E-state index contributed by atoms with van der Waals surface area (Å²) < 4.78 is 37.6. The molecule has 19 heavy (non-hydrogen) atoms. The molecule has 0 atom stereocenters. The van der Waals surface area contributed by atoms with Gasteiger partial charge in [-0.1, -0.05) is 12.1 Å². The van der Waals surface area contributed by atoms with Crippen molar-refractivity contribution in [3.05, 3.63) is 41.4 Å². The first-order valence-electron chi connectivity index (χ1n) is 6.20. The molecule has 2 rings (SSSR count). The second-order valence-corrected chi connectivity index (χ2v) is 5.69. The van der Waals surface area contributed by atoms with E-state index in [2.05, 4.69) is 0 Å². The number of hydrogen-bond acceptors (Lipinski definition) is 2. The molecular formula is C14H17BF2O2. The molecule has 0 spiro atoms. The van der Waals surface area contributed by atoms with E-state index in [1.807, 2.05) is 27.7 Å². The molecule has 1 fully saturated rings. The van der Waals surface area contributed by atoms with Gasteiger partial charge in [0, 0.05) is 6.07 Å². The Balaban J connectivity index is 2.12. The molecule has 0 N–H and O–H groups in total. The summed E-state index contributed by atoms with van der Waals surface area (Å²) in [5.41, 5.74) is -0.406. The van der Waals surface area contributed by atoms with Crippen molar-refractivity contribution in [2.45, 2.75) is 38.9 Å². The fourth-order valence-corrected chi connectivity index (χ4v) is 1.83. The Kier molecular flexibility index (Phi) is 3.54. The predicted molar refractivity (Wildman–Crippen MR) is 71.5 cm³/mol. The molecule has 1 aromatic carbocycles. The van der Waals surface area contributed by atoms with Crippen LogP contribution < -0.4 is 0 Å². The highest BCUT2D eigenvalue weighted by molar-refractivity contribution is 6.52. The molecule has 1 aliphatic rings. The zero-order valence-corrected chi connectivity index (χ0v) is 11.5. The van der Waals surface area contributed by atoms with Crippen LogP contribution in [0, 0.1) is 11.6 Å². The quantitative estimate of drug-likeness (QED) is 0.761. The third-order valence-corrected chi connectivity index (χ3v) is 3.60. The molecule has 0 saturated carbocycles. The SMILES string of the molecule is CC1(C)OB(C=Cc2cc(F)cc(F)c2)OC1(C)C. The molecule has 1 aliphatic heterocycles. The van der Waals surface area contributed by atoms with Crippen LogP contribution in [0.1, 0.15) is 33.3 Å². The van der Waals surface area contributed by atoms with Gasteiger partial charge in [-0.05, 0) is 45.4 Å². The van der Waals surface area contributed by atoms with Crippen molar-refractivity contribution >= 4 is 13.2 Å². The lowest BCUT2D eigenvalue weighted by molar-refractivity contribution is 0.00578. The third-order valence-electron chi connectivity index (χ3n) is 3.60. The van der Waals surface area contributed by atoms with Gasteiger partial charge in [0.15, 0.2) is 0 Å². The van der Waals surface area contributed by atoms with E-state index in [1.54, 1.807) is 12.1 Å². The Morgan fingerprint density at radius 2 is 1.42 bits per heavy atom. The fraction of sp³-hybridized carbons (Fsp3) is 0.429. The van der Waals surface area contributed by atoms with Gasteiger partial charge in [0.25, 0.3) is 0 Å². The van der Waals surface area contributed by atoms with Crippen LogP contribution >= 0.6 is 0 Å². The summed E-state index contributed by atoms with van der Waals surface area (Å²) in [5, 5.41) is 0. The zero-order chi connectivity index (χ0) is 14.3. The minimum atomic E-state index is -0.603. The molecule has 0 aromatic heterocycles. The fourth-order valence-electron chi connectivity index (χ4n) is 1.83. The smallest absolute Gasteiger partial charge is 0.400 e. The van der Waals surface area contributed by atoms with Crippen molar-refractivity contribution in [2.24, 2.45) is 0 Å². The maximum absolute atomic E-state index is 13.0. The van der Waals surface area contributed by atoms with E-state index in [0.717, 1.165) is 6.07 Å². The van der Waals surface area contributed by atoms with Gasteiger partial charge in [-0.2, -0.15) is 0 Å². The van der Waals surface area contributed by atoms with Gasteiger partial charge in [0.05, 0.1) is 11.2 Å². The second kappa shape index (κ2) is 4.73. The van der Waals surface area contributed by atoms with Crippen molar-refractivity contribution < 1.29 is 18.1 Å². The van der Waals surface area contributed by atoms with Crippen LogP contribution in [0.4, 0.5) is 8.78 Å². The van der Waals surface area contributed by atoms with Gasteiger partial charge >= 0.3 is 7.12 Å². The standard InChI is InChI=1S/C14H17BF2O2/c1-13(2)14(3,4)19-15(18-13)6-5-10-7-11(16)9-12(17)8-10/h5-9H,1-4H3. The van der Waals surface area contributed by atoms with Crippen LogP contribution in [0.15, 0.2) is 24.2 Å². The first-order chi connectivity index (χ1) is 8.69. The van der Waals surface area contributed by atoms with Gasteiger partial charge in [-0.15, -0.1) is 0 Å². The number of rotatable bonds is 2. The van der Waals surface area contributed by atoms with Gasteiger partial charge in [-0.25, -0.2) is 8.78 Å². The molecule has 1 heterocycles. The first-order valence-corrected chi connectivity index (χ1v) is 6.20. The highest BCUT2D eigenvalue weighted by atomic mass is 19.1. The third kappa shape index (κ3) is 3.04. The maximum atomic E-state index is 13.0. The lowest BCUT2D eigenvalue weighted by Gasteiger charge is -2.32. The van der Waals surface area contributed by atoms with Crippen LogP contribution in [-0.2, 0) is 9.31 Å². The molecular weight excluding hydrogens is 249 g/mol. The minimum absolute atomic E-state index is 0.421. The molecule has 0 amide bonds. The Morgan fingerprint density at radius 1 is 0.947 bits per heavy atom. The van der Waals surface area contributed by atoms with E-state index >= 15 is 0 Å². The van der Waals surface area contributed by atoms with E-state index in [-0.39, 0.29) is 0 Å². The summed E-state index contributed by atoms with van der Waals surface area (Å²) in [7, 11) is -0.517.